The van der Waals surface area contributed by atoms with Crippen LogP contribution in [0.3, 0.4) is 0 Å². The van der Waals surface area contributed by atoms with E-state index in [1.54, 1.807) is 20.8 Å². The third-order valence-corrected chi connectivity index (χ3v) is 2.68. The third kappa shape index (κ3) is 4.64. The summed E-state index contributed by atoms with van der Waals surface area (Å²) in [6, 6.07) is 2.75. The molecule has 1 rings (SSSR count). The van der Waals surface area contributed by atoms with Crippen LogP contribution in [-0.2, 0) is 10.9 Å². The van der Waals surface area contributed by atoms with Crippen LogP contribution in [0.15, 0.2) is 18.2 Å². The lowest BCUT2D eigenvalue weighted by atomic mass is 9.76. The van der Waals surface area contributed by atoms with E-state index in [1.807, 2.05) is 0 Å². The number of benzene rings is 1. The summed E-state index contributed by atoms with van der Waals surface area (Å²) in [7, 11) is -1.00. The molecule has 0 radical (unpaired) electrons. The smallest absolute Gasteiger partial charge is 0.443 e. The van der Waals surface area contributed by atoms with Gasteiger partial charge in [0.1, 0.15) is 5.60 Å². The normalized spacial score (nSPS) is 12.0. The van der Waals surface area contributed by atoms with Crippen molar-refractivity contribution in [2.24, 2.45) is 0 Å². The van der Waals surface area contributed by atoms with Gasteiger partial charge in [-0.2, -0.15) is 13.2 Å². The summed E-state index contributed by atoms with van der Waals surface area (Å²) in [6.45, 7) is 4.89. The highest BCUT2D eigenvalue weighted by atomic mass is 19.4. The van der Waals surface area contributed by atoms with Crippen LogP contribution in [-0.4, -0.2) is 35.9 Å². The van der Waals surface area contributed by atoms with Gasteiger partial charge in [-0.15, -0.1) is 0 Å². The minimum absolute atomic E-state index is 0.0778. The number of nitrogens with zero attached hydrogens (tertiary/aromatic N) is 1. The maximum Gasteiger partial charge on any atom is 0.489 e. The maximum absolute atomic E-state index is 13.0. The second-order valence-corrected chi connectivity index (χ2v) is 5.68. The molecule has 1 amide bonds. The van der Waals surface area contributed by atoms with E-state index in [1.165, 1.54) is 13.1 Å². The SMILES string of the molecule is CN(C(=O)OC(C)(C)C)c1ccc(B(O)O)c(C(F)(F)F)c1. The monoisotopic (exact) mass is 319 g/mol. The van der Waals surface area contributed by atoms with Crippen LogP contribution in [0.1, 0.15) is 26.3 Å². The van der Waals surface area contributed by atoms with Crippen LogP contribution >= 0.6 is 0 Å². The maximum atomic E-state index is 13.0. The first-order valence-corrected chi connectivity index (χ1v) is 6.37. The number of amides is 1. The predicted molar refractivity (Wildman–Crippen MR) is 75.9 cm³/mol. The zero-order valence-electron chi connectivity index (χ0n) is 12.6. The number of anilines is 1. The number of carbonyl (C=O) groups is 1. The molecule has 0 fully saturated rings. The Morgan fingerprint density at radius 1 is 1.23 bits per heavy atom. The van der Waals surface area contributed by atoms with Gasteiger partial charge in [0, 0.05) is 12.7 Å². The van der Waals surface area contributed by atoms with Crippen molar-refractivity contribution in [3.05, 3.63) is 23.8 Å². The standard InChI is InChI=1S/C13H17BF3NO4/c1-12(2,3)22-11(19)18(4)8-5-6-10(14(20)21)9(7-8)13(15,16)17/h5-7,20-21H,1-4H3. The van der Waals surface area contributed by atoms with Gasteiger partial charge in [-0.25, -0.2) is 4.79 Å². The summed E-state index contributed by atoms with van der Waals surface area (Å²) < 4.78 is 44.0. The summed E-state index contributed by atoms with van der Waals surface area (Å²) >= 11 is 0. The van der Waals surface area contributed by atoms with Crippen LogP contribution in [0, 0.1) is 0 Å². The highest BCUT2D eigenvalue weighted by Gasteiger charge is 2.37. The molecule has 0 saturated carbocycles. The number of ether oxygens (including phenoxy) is 1. The van der Waals surface area contributed by atoms with Crippen molar-refractivity contribution in [3.8, 4) is 0 Å². The summed E-state index contributed by atoms with van der Waals surface area (Å²) in [5.74, 6) is 0. The quantitative estimate of drug-likeness (QED) is 0.815. The first-order chi connectivity index (χ1) is 9.83. The molecule has 1 aromatic rings. The first kappa shape index (κ1) is 18.3. The lowest BCUT2D eigenvalue weighted by Crippen LogP contribution is -2.38. The average molecular weight is 319 g/mol. The Hall–Kier alpha value is -1.74. The van der Waals surface area contributed by atoms with Crippen molar-refractivity contribution in [2.75, 3.05) is 11.9 Å². The number of halogens is 3. The molecular weight excluding hydrogens is 302 g/mol. The summed E-state index contributed by atoms with van der Waals surface area (Å²) in [5, 5.41) is 18.0. The molecule has 122 valence electrons. The van der Waals surface area contributed by atoms with Gasteiger partial charge in [0.15, 0.2) is 0 Å². The van der Waals surface area contributed by atoms with Crippen molar-refractivity contribution >= 4 is 24.4 Å². The molecule has 0 bridgehead atoms. The molecule has 22 heavy (non-hydrogen) atoms. The fraction of sp³-hybridized carbons (Fsp3) is 0.462. The van der Waals surface area contributed by atoms with Crippen LogP contribution in [0.4, 0.5) is 23.7 Å². The Morgan fingerprint density at radius 3 is 2.18 bits per heavy atom. The molecule has 5 nitrogen and oxygen atoms in total. The van der Waals surface area contributed by atoms with E-state index in [0.717, 1.165) is 11.0 Å². The van der Waals surface area contributed by atoms with Crippen LogP contribution in [0.25, 0.3) is 0 Å². The van der Waals surface area contributed by atoms with Gasteiger partial charge in [0.2, 0.25) is 0 Å². The molecule has 0 aliphatic rings. The molecule has 0 atom stereocenters. The Labute approximate surface area is 126 Å². The fourth-order valence-electron chi connectivity index (χ4n) is 1.66. The van der Waals surface area contributed by atoms with Crippen molar-refractivity contribution in [1.29, 1.82) is 0 Å². The lowest BCUT2D eigenvalue weighted by Gasteiger charge is -2.25. The van der Waals surface area contributed by atoms with E-state index in [-0.39, 0.29) is 5.69 Å². The molecule has 2 N–H and O–H groups in total. The molecular formula is C13H17BF3NO4. The van der Waals surface area contributed by atoms with E-state index in [0.29, 0.717) is 6.07 Å². The molecule has 0 saturated heterocycles. The van der Waals surface area contributed by atoms with Gasteiger partial charge in [0.25, 0.3) is 0 Å². The Morgan fingerprint density at radius 2 is 1.77 bits per heavy atom. The van der Waals surface area contributed by atoms with Gasteiger partial charge >= 0.3 is 19.4 Å². The summed E-state index contributed by atoms with van der Waals surface area (Å²) in [4.78, 5) is 12.8. The Balaban J connectivity index is 3.19. The Bertz CT molecular complexity index is 555. The minimum atomic E-state index is -4.79. The van der Waals surface area contributed by atoms with Gasteiger partial charge in [-0.1, -0.05) is 6.07 Å². The van der Waals surface area contributed by atoms with Crippen molar-refractivity contribution in [1.82, 2.24) is 0 Å². The third-order valence-electron chi connectivity index (χ3n) is 2.68. The second-order valence-electron chi connectivity index (χ2n) is 5.68. The molecule has 9 heteroatoms. The molecule has 0 aliphatic carbocycles. The highest BCUT2D eigenvalue weighted by molar-refractivity contribution is 6.59. The largest absolute Gasteiger partial charge is 0.489 e. The van der Waals surface area contributed by atoms with Crippen LogP contribution in [0.5, 0.6) is 0 Å². The zero-order valence-corrected chi connectivity index (χ0v) is 12.6. The van der Waals surface area contributed by atoms with Crippen LogP contribution in [0.2, 0.25) is 0 Å². The summed E-state index contributed by atoms with van der Waals surface area (Å²) in [6.07, 6.45) is -5.61. The van der Waals surface area contributed by atoms with Crippen LogP contribution < -0.4 is 10.4 Å². The van der Waals surface area contributed by atoms with Gasteiger partial charge in [0.05, 0.1) is 5.56 Å². The highest BCUT2D eigenvalue weighted by Crippen LogP contribution is 2.31. The topological polar surface area (TPSA) is 70.0 Å². The van der Waals surface area contributed by atoms with Crippen molar-refractivity contribution in [3.63, 3.8) is 0 Å². The number of carbonyl (C=O) groups excluding carboxylic acids is 1. The predicted octanol–water partition coefficient (Wildman–Crippen LogP) is 1.76. The first-order valence-electron chi connectivity index (χ1n) is 6.37. The number of rotatable bonds is 2. The van der Waals surface area contributed by atoms with Gasteiger partial charge in [-0.05, 0) is 38.4 Å². The average Bonchev–Trinajstić information content (AvgIpc) is 2.33. The van der Waals surface area contributed by atoms with E-state index in [9.17, 15) is 18.0 Å². The Kier molecular flexibility index (Phi) is 5.14. The zero-order chi connectivity index (χ0) is 17.3. The van der Waals surface area contributed by atoms with Crippen molar-refractivity contribution in [2.45, 2.75) is 32.5 Å². The van der Waals surface area contributed by atoms with E-state index >= 15 is 0 Å². The molecule has 1 aromatic carbocycles. The lowest BCUT2D eigenvalue weighted by molar-refractivity contribution is -0.136. The fourth-order valence-corrected chi connectivity index (χ4v) is 1.66. The molecule has 0 spiro atoms. The van der Waals surface area contributed by atoms with Gasteiger partial charge in [-0.3, -0.25) is 4.90 Å². The number of alkyl halides is 3. The molecule has 0 aliphatic heterocycles. The number of hydrogen-bond acceptors (Lipinski definition) is 4. The van der Waals surface area contributed by atoms with Gasteiger partial charge < -0.3 is 14.8 Å². The van der Waals surface area contributed by atoms with E-state index < -0.39 is 36.0 Å². The second kappa shape index (κ2) is 6.17. The molecule has 0 aromatic heterocycles. The molecule has 0 heterocycles. The van der Waals surface area contributed by atoms with E-state index in [4.69, 9.17) is 14.8 Å². The minimum Gasteiger partial charge on any atom is -0.443 e. The van der Waals surface area contributed by atoms with E-state index in [2.05, 4.69) is 0 Å². The molecule has 0 unspecified atom stereocenters. The van der Waals surface area contributed by atoms with Crippen molar-refractivity contribution < 1.29 is 32.8 Å². The summed E-state index contributed by atoms with van der Waals surface area (Å²) in [5.41, 5.74) is -2.78. The number of hydrogen-bond donors (Lipinski definition) is 2.